The highest BCUT2D eigenvalue weighted by atomic mass is 35.5. The molecule has 0 spiro atoms. The average Bonchev–Trinajstić information content (AvgIpc) is 3.02. The summed E-state index contributed by atoms with van der Waals surface area (Å²) in [5, 5.41) is 6.19. The number of para-hydroxylation sites is 2. The van der Waals surface area contributed by atoms with Crippen LogP contribution in [0.2, 0.25) is 5.02 Å². The monoisotopic (exact) mass is 636 g/mol. The van der Waals surface area contributed by atoms with Crippen LogP contribution in [0.4, 0.5) is 17.3 Å². The van der Waals surface area contributed by atoms with Gasteiger partial charge in [0.25, 0.3) is 15.9 Å². The molecule has 0 radical (unpaired) electrons. The molecule has 230 valence electrons. The minimum atomic E-state index is -4.26. The van der Waals surface area contributed by atoms with Crippen molar-refractivity contribution in [3.63, 3.8) is 0 Å². The maximum atomic E-state index is 13.6. The lowest BCUT2D eigenvalue weighted by atomic mass is 10.00. The van der Waals surface area contributed by atoms with Gasteiger partial charge in [0.15, 0.2) is 11.6 Å². The summed E-state index contributed by atoms with van der Waals surface area (Å²) in [6.07, 6.45) is 2.92. The summed E-state index contributed by atoms with van der Waals surface area (Å²) in [4.78, 5) is 37.0. The maximum Gasteiger partial charge on any atom is 0.263 e. The highest BCUT2D eigenvalue weighted by Gasteiger charge is 2.34. The van der Waals surface area contributed by atoms with Crippen LogP contribution in [0.15, 0.2) is 71.6 Å². The minimum absolute atomic E-state index is 0.0781. The lowest BCUT2D eigenvalue weighted by molar-refractivity contribution is -0.137. The van der Waals surface area contributed by atoms with Crippen LogP contribution in [-0.4, -0.2) is 60.8 Å². The first-order chi connectivity index (χ1) is 21.0. The number of hydrogen-bond acceptors (Lipinski definition) is 8. The van der Waals surface area contributed by atoms with Gasteiger partial charge in [-0.2, -0.15) is 0 Å². The number of halogens is 1. The molecule has 2 heterocycles. The summed E-state index contributed by atoms with van der Waals surface area (Å²) in [5.74, 6) is -0.191. The van der Waals surface area contributed by atoms with E-state index >= 15 is 0 Å². The molecule has 0 aliphatic carbocycles. The van der Waals surface area contributed by atoms with E-state index in [0.29, 0.717) is 40.6 Å². The third kappa shape index (κ3) is 6.87. The standard InChI is InChI=1S/C31H33ClN6O5S/c1-31(2,30(40)38-16-7-4-8-17-38)36-29(39)20-10-9-11-22(18-20)44(41,42)37-28-27(33-24-12-5-6-13-25(24)34-28)35-26-19-21(43-3)14-15-23(26)32/h5-6,9-15,18-19H,4,7-8,16-17H2,1-3H3,(H,33,35)(H,34,37)(H,36,39). The number of carbonyl (C=O) groups is 2. The van der Waals surface area contributed by atoms with Crippen LogP contribution in [0.3, 0.4) is 0 Å². The van der Waals surface area contributed by atoms with Gasteiger partial charge in [0, 0.05) is 24.7 Å². The second-order valence-corrected chi connectivity index (χ2v) is 13.0. The first-order valence-electron chi connectivity index (χ1n) is 14.1. The molecular formula is C31H33ClN6O5S. The number of aromatic nitrogens is 2. The van der Waals surface area contributed by atoms with Crippen LogP contribution in [-0.2, 0) is 14.8 Å². The first kappa shape index (κ1) is 31.0. The lowest BCUT2D eigenvalue weighted by Crippen LogP contribution is -2.56. The van der Waals surface area contributed by atoms with Crippen molar-refractivity contribution in [3.8, 4) is 5.75 Å². The Bertz CT molecular complexity index is 1830. The van der Waals surface area contributed by atoms with Crippen LogP contribution in [0.5, 0.6) is 5.75 Å². The largest absolute Gasteiger partial charge is 0.497 e. The van der Waals surface area contributed by atoms with Gasteiger partial charge in [-0.05, 0) is 75.6 Å². The van der Waals surface area contributed by atoms with Gasteiger partial charge in [-0.3, -0.25) is 14.3 Å². The number of fused-ring (bicyclic) bond motifs is 1. The molecule has 1 aliphatic rings. The Kier molecular flexibility index (Phi) is 8.93. The first-order valence-corrected chi connectivity index (χ1v) is 15.9. The molecule has 44 heavy (non-hydrogen) atoms. The average molecular weight is 637 g/mol. The number of ether oxygens (including phenoxy) is 1. The Labute approximate surface area is 261 Å². The zero-order valence-electron chi connectivity index (χ0n) is 24.6. The topological polar surface area (TPSA) is 143 Å². The number of piperidine rings is 1. The van der Waals surface area contributed by atoms with Crippen molar-refractivity contribution in [2.24, 2.45) is 0 Å². The van der Waals surface area contributed by atoms with E-state index in [1.165, 1.54) is 31.4 Å². The lowest BCUT2D eigenvalue weighted by Gasteiger charge is -2.34. The SMILES string of the molecule is COc1ccc(Cl)c(Nc2nc3ccccc3nc2NS(=O)(=O)c2cccc(C(=O)NC(C)(C)C(=O)N3CCCCC3)c2)c1. The molecule has 1 aliphatic heterocycles. The van der Waals surface area contributed by atoms with Gasteiger partial charge >= 0.3 is 0 Å². The molecule has 13 heteroatoms. The molecule has 2 amide bonds. The van der Waals surface area contributed by atoms with E-state index in [-0.39, 0.29) is 28.0 Å². The number of amides is 2. The number of anilines is 3. The highest BCUT2D eigenvalue weighted by Crippen LogP contribution is 2.33. The number of sulfonamides is 1. The van der Waals surface area contributed by atoms with E-state index < -0.39 is 21.5 Å². The molecular weight excluding hydrogens is 604 g/mol. The Morgan fingerprint density at radius 2 is 1.59 bits per heavy atom. The number of benzene rings is 3. The van der Waals surface area contributed by atoms with Crippen LogP contribution < -0.4 is 20.1 Å². The molecule has 1 fully saturated rings. The number of carbonyl (C=O) groups excluding carboxylic acids is 2. The van der Waals surface area contributed by atoms with E-state index in [2.05, 4.69) is 25.3 Å². The van der Waals surface area contributed by atoms with Crippen LogP contribution in [0, 0.1) is 0 Å². The van der Waals surface area contributed by atoms with E-state index in [1.54, 1.807) is 61.2 Å². The summed E-state index contributed by atoms with van der Waals surface area (Å²) >= 11 is 6.39. The van der Waals surface area contributed by atoms with Crippen LogP contribution in [0.1, 0.15) is 43.5 Å². The van der Waals surface area contributed by atoms with E-state index in [4.69, 9.17) is 16.3 Å². The van der Waals surface area contributed by atoms with Crippen molar-refractivity contribution in [2.45, 2.75) is 43.5 Å². The molecule has 5 rings (SSSR count). The van der Waals surface area contributed by atoms with Gasteiger partial charge in [-0.15, -0.1) is 0 Å². The van der Waals surface area contributed by atoms with E-state index in [1.807, 2.05) is 0 Å². The summed E-state index contributed by atoms with van der Waals surface area (Å²) in [7, 11) is -2.74. The van der Waals surface area contributed by atoms with Crippen molar-refractivity contribution >= 4 is 61.8 Å². The second kappa shape index (κ2) is 12.7. The van der Waals surface area contributed by atoms with Crippen molar-refractivity contribution < 1.29 is 22.7 Å². The molecule has 0 bridgehead atoms. The van der Waals surface area contributed by atoms with Gasteiger partial charge < -0.3 is 20.3 Å². The summed E-state index contributed by atoms with van der Waals surface area (Å²) < 4.78 is 35.1. The summed E-state index contributed by atoms with van der Waals surface area (Å²) in [6, 6.07) is 17.6. The fourth-order valence-electron chi connectivity index (χ4n) is 4.91. The second-order valence-electron chi connectivity index (χ2n) is 10.9. The zero-order chi connectivity index (χ0) is 31.5. The fourth-order valence-corrected chi connectivity index (χ4v) is 6.12. The van der Waals surface area contributed by atoms with Gasteiger partial charge in [0.2, 0.25) is 5.91 Å². The number of nitrogens with one attached hydrogen (secondary N) is 3. The Morgan fingerprint density at radius 1 is 0.909 bits per heavy atom. The third-order valence-corrected chi connectivity index (χ3v) is 8.90. The fraction of sp³-hybridized carbons (Fsp3) is 0.290. The maximum absolute atomic E-state index is 13.6. The van der Waals surface area contributed by atoms with Crippen LogP contribution in [0.25, 0.3) is 11.0 Å². The molecule has 11 nitrogen and oxygen atoms in total. The molecule has 1 aromatic heterocycles. The quantitative estimate of drug-likeness (QED) is 0.223. The van der Waals surface area contributed by atoms with Gasteiger partial charge in [-0.1, -0.05) is 29.8 Å². The van der Waals surface area contributed by atoms with E-state index in [0.717, 1.165) is 19.3 Å². The molecule has 3 N–H and O–H groups in total. The number of rotatable bonds is 9. The highest BCUT2D eigenvalue weighted by molar-refractivity contribution is 7.92. The predicted octanol–water partition coefficient (Wildman–Crippen LogP) is 5.36. The Morgan fingerprint density at radius 3 is 2.27 bits per heavy atom. The summed E-state index contributed by atoms with van der Waals surface area (Å²) in [5.41, 5.74) is 0.318. The van der Waals surface area contributed by atoms with E-state index in [9.17, 15) is 18.0 Å². The van der Waals surface area contributed by atoms with Gasteiger partial charge in [0.1, 0.15) is 11.3 Å². The molecule has 3 aromatic carbocycles. The van der Waals surface area contributed by atoms with Crippen molar-refractivity contribution in [1.29, 1.82) is 0 Å². The smallest absolute Gasteiger partial charge is 0.263 e. The predicted molar refractivity (Wildman–Crippen MR) is 170 cm³/mol. The molecule has 4 aromatic rings. The number of hydrogen-bond donors (Lipinski definition) is 3. The number of methoxy groups -OCH3 is 1. The third-order valence-electron chi connectivity index (χ3n) is 7.24. The van der Waals surface area contributed by atoms with Gasteiger partial charge in [0.05, 0.1) is 33.7 Å². The van der Waals surface area contributed by atoms with Gasteiger partial charge in [-0.25, -0.2) is 18.4 Å². The van der Waals surface area contributed by atoms with Crippen molar-refractivity contribution in [1.82, 2.24) is 20.2 Å². The Balaban J connectivity index is 1.42. The molecule has 0 saturated carbocycles. The number of likely N-dealkylation sites (tertiary alicyclic amines) is 1. The Hall–Kier alpha value is -4.42. The van der Waals surface area contributed by atoms with Crippen LogP contribution >= 0.6 is 11.6 Å². The summed E-state index contributed by atoms with van der Waals surface area (Å²) in [6.45, 7) is 4.59. The molecule has 0 atom stereocenters. The normalized spacial score (nSPS) is 13.8. The zero-order valence-corrected chi connectivity index (χ0v) is 26.1. The molecule has 1 saturated heterocycles. The minimum Gasteiger partial charge on any atom is -0.497 e. The van der Waals surface area contributed by atoms with Crippen molar-refractivity contribution in [3.05, 3.63) is 77.3 Å². The number of nitrogens with zero attached hydrogens (tertiary/aromatic N) is 3. The van der Waals surface area contributed by atoms with Crippen molar-refractivity contribution in [2.75, 3.05) is 30.2 Å². The molecule has 0 unspecified atom stereocenters.